The minimum atomic E-state index is -3.78. The Bertz CT molecular complexity index is 625. The van der Waals surface area contributed by atoms with Crippen molar-refractivity contribution in [2.45, 2.75) is 11.8 Å². The number of sulfonamides is 1. The summed E-state index contributed by atoms with van der Waals surface area (Å²) in [6.07, 6.45) is 2.46. The van der Waals surface area contributed by atoms with Gasteiger partial charge in [0.25, 0.3) is 10.0 Å². The number of rotatable bonds is 4. The van der Waals surface area contributed by atoms with E-state index in [1.54, 1.807) is 13.0 Å². The Kier molecular flexibility index (Phi) is 3.33. The first kappa shape index (κ1) is 12.6. The van der Waals surface area contributed by atoms with Crippen LogP contribution in [0.4, 0.5) is 10.1 Å². The lowest BCUT2D eigenvalue weighted by Crippen LogP contribution is -2.31. The lowest BCUT2D eigenvalue weighted by atomic mass is 10.3. The molecule has 0 atom stereocenters. The van der Waals surface area contributed by atoms with E-state index >= 15 is 0 Å². The first-order chi connectivity index (χ1) is 8.57. The number of nitrogens with zero attached hydrogens (tertiary/aromatic N) is 2. The summed E-state index contributed by atoms with van der Waals surface area (Å²) in [6.45, 7) is 1.78. The van der Waals surface area contributed by atoms with Crippen LogP contribution in [0.25, 0.3) is 0 Å². The summed E-state index contributed by atoms with van der Waals surface area (Å²) in [6, 6.07) is 5.75. The van der Waals surface area contributed by atoms with Crippen LogP contribution in [0, 0.1) is 5.82 Å². The molecule has 0 aliphatic carbocycles. The molecular formula is C11H12FN3O2S. The van der Waals surface area contributed by atoms with Gasteiger partial charge in [-0.25, -0.2) is 12.8 Å². The van der Waals surface area contributed by atoms with Gasteiger partial charge in [-0.1, -0.05) is 12.1 Å². The second-order valence-corrected chi connectivity index (χ2v) is 5.42. The number of aromatic amines is 1. The molecule has 5 nitrogen and oxygen atoms in total. The topological polar surface area (TPSA) is 66.1 Å². The van der Waals surface area contributed by atoms with E-state index in [0.29, 0.717) is 0 Å². The first-order valence-electron chi connectivity index (χ1n) is 5.33. The van der Waals surface area contributed by atoms with Crippen molar-refractivity contribution >= 4 is 15.7 Å². The van der Waals surface area contributed by atoms with Crippen molar-refractivity contribution in [3.8, 4) is 0 Å². The quantitative estimate of drug-likeness (QED) is 0.919. The summed E-state index contributed by atoms with van der Waals surface area (Å²) in [5.41, 5.74) is 0.0289. The summed E-state index contributed by atoms with van der Waals surface area (Å²) >= 11 is 0. The van der Waals surface area contributed by atoms with Crippen LogP contribution in [0.3, 0.4) is 0 Å². The predicted octanol–water partition coefficient (Wildman–Crippen LogP) is 1.76. The number of anilines is 1. The lowest BCUT2D eigenvalue weighted by Gasteiger charge is -2.22. The lowest BCUT2D eigenvalue weighted by molar-refractivity contribution is 0.586. The van der Waals surface area contributed by atoms with E-state index in [9.17, 15) is 12.8 Å². The van der Waals surface area contributed by atoms with Crippen LogP contribution in [0.15, 0.2) is 41.6 Å². The van der Waals surface area contributed by atoms with Crippen LogP contribution in [-0.4, -0.2) is 25.2 Å². The van der Waals surface area contributed by atoms with Gasteiger partial charge in [0.1, 0.15) is 10.7 Å². The molecule has 0 saturated carbocycles. The SMILES string of the molecule is CCN(c1ccccc1F)S(=O)(=O)c1cn[nH]c1. The third-order valence-corrected chi connectivity index (χ3v) is 4.32. The van der Waals surface area contributed by atoms with Crippen LogP contribution in [0.5, 0.6) is 0 Å². The van der Waals surface area contributed by atoms with Crippen LogP contribution in [0.1, 0.15) is 6.92 Å². The molecule has 0 aliphatic heterocycles. The van der Waals surface area contributed by atoms with Crippen molar-refractivity contribution in [3.63, 3.8) is 0 Å². The van der Waals surface area contributed by atoms with E-state index in [1.807, 2.05) is 0 Å². The highest BCUT2D eigenvalue weighted by molar-refractivity contribution is 7.92. The Morgan fingerprint density at radius 1 is 1.39 bits per heavy atom. The third-order valence-electron chi connectivity index (χ3n) is 2.47. The zero-order valence-electron chi connectivity index (χ0n) is 9.67. The fraction of sp³-hybridized carbons (Fsp3) is 0.182. The van der Waals surface area contributed by atoms with Gasteiger partial charge >= 0.3 is 0 Å². The van der Waals surface area contributed by atoms with Crippen molar-refractivity contribution < 1.29 is 12.8 Å². The number of hydrogen-bond donors (Lipinski definition) is 1. The highest BCUT2D eigenvalue weighted by atomic mass is 32.2. The Morgan fingerprint density at radius 2 is 2.11 bits per heavy atom. The number of nitrogens with one attached hydrogen (secondary N) is 1. The highest BCUT2D eigenvalue weighted by Crippen LogP contribution is 2.25. The van der Waals surface area contributed by atoms with E-state index in [4.69, 9.17) is 0 Å². The third kappa shape index (κ3) is 2.08. The minimum absolute atomic E-state index is 0.00704. The van der Waals surface area contributed by atoms with Gasteiger partial charge in [-0.15, -0.1) is 0 Å². The maximum atomic E-state index is 13.7. The number of halogens is 1. The van der Waals surface area contributed by atoms with Gasteiger partial charge in [-0.3, -0.25) is 9.40 Å². The van der Waals surface area contributed by atoms with Crippen LogP contribution >= 0.6 is 0 Å². The van der Waals surface area contributed by atoms with Gasteiger partial charge in [0, 0.05) is 12.7 Å². The fourth-order valence-corrected chi connectivity index (χ4v) is 3.02. The first-order valence-corrected chi connectivity index (χ1v) is 6.77. The van der Waals surface area contributed by atoms with E-state index in [-0.39, 0.29) is 17.1 Å². The van der Waals surface area contributed by atoms with Crippen molar-refractivity contribution in [2.24, 2.45) is 0 Å². The van der Waals surface area contributed by atoms with Crippen molar-refractivity contribution in [1.29, 1.82) is 0 Å². The second-order valence-electron chi connectivity index (χ2n) is 3.56. The van der Waals surface area contributed by atoms with Gasteiger partial charge in [-0.2, -0.15) is 5.10 Å². The largest absolute Gasteiger partial charge is 0.284 e. The second kappa shape index (κ2) is 4.77. The molecule has 0 amide bonds. The number of benzene rings is 1. The molecule has 0 fully saturated rings. The number of hydrogen-bond acceptors (Lipinski definition) is 3. The van der Waals surface area contributed by atoms with Gasteiger partial charge < -0.3 is 0 Å². The Balaban J connectivity index is 2.51. The van der Waals surface area contributed by atoms with Crippen molar-refractivity contribution in [3.05, 3.63) is 42.5 Å². The molecule has 2 aromatic rings. The van der Waals surface area contributed by atoms with E-state index in [2.05, 4.69) is 10.2 Å². The minimum Gasteiger partial charge on any atom is -0.284 e. The zero-order chi connectivity index (χ0) is 13.2. The fourth-order valence-electron chi connectivity index (χ4n) is 1.63. The van der Waals surface area contributed by atoms with Crippen molar-refractivity contribution in [1.82, 2.24) is 10.2 Å². The molecule has 96 valence electrons. The molecule has 1 N–H and O–H groups in total. The summed E-state index contributed by atoms with van der Waals surface area (Å²) in [5, 5.41) is 6.03. The number of H-pyrrole nitrogens is 1. The molecule has 1 aromatic carbocycles. The normalized spacial score (nSPS) is 11.4. The van der Waals surface area contributed by atoms with Gasteiger partial charge in [0.15, 0.2) is 0 Å². The maximum absolute atomic E-state index is 13.7. The molecule has 0 bridgehead atoms. The molecule has 0 saturated heterocycles. The summed E-state index contributed by atoms with van der Waals surface area (Å²) in [4.78, 5) is 0.00704. The predicted molar refractivity (Wildman–Crippen MR) is 65.2 cm³/mol. The molecule has 1 aromatic heterocycles. The molecular weight excluding hydrogens is 257 g/mol. The summed E-state index contributed by atoms with van der Waals surface area (Å²) < 4.78 is 39.2. The van der Waals surface area contributed by atoms with Crippen LogP contribution < -0.4 is 4.31 Å². The number of aromatic nitrogens is 2. The van der Waals surface area contributed by atoms with Gasteiger partial charge in [0.05, 0.1) is 11.9 Å². The van der Waals surface area contributed by atoms with Crippen LogP contribution in [-0.2, 0) is 10.0 Å². The average Bonchev–Trinajstić information content (AvgIpc) is 2.86. The molecule has 18 heavy (non-hydrogen) atoms. The molecule has 7 heteroatoms. The van der Waals surface area contributed by atoms with E-state index < -0.39 is 15.8 Å². The van der Waals surface area contributed by atoms with Gasteiger partial charge in [0.2, 0.25) is 0 Å². The monoisotopic (exact) mass is 269 g/mol. The smallest absolute Gasteiger partial charge is 0.267 e. The number of para-hydroxylation sites is 1. The Labute approximate surface area is 104 Å². The molecule has 0 spiro atoms. The van der Waals surface area contributed by atoms with Crippen LogP contribution in [0.2, 0.25) is 0 Å². The Hall–Kier alpha value is -1.89. The summed E-state index contributed by atoms with van der Waals surface area (Å²) in [5.74, 6) is -0.577. The molecule has 1 heterocycles. The maximum Gasteiger partial charge on any atom is 0.267 e. The molecule has 0 unspecified atom stereocenters. The van der Waals surface area contributed by atoms with Crippen molar-refractivity contribution in [2.75, 3.05) is 10.8 Å². The van der Waals surface area contributed by atoms with E-state index in [0.717, 1.165) is 4.31 Å². The highest BCUT2D eigenvalue weighted by Gasteiger charge is 2.26. The zero-order valence-corrected chi connectivity index (χ0v) is 10.5. The standard InChI is InChI=1S/C11H12FN3O2S/c1-2-15(11-6-4-3-5-10(11)12)18(16,17)9-7-13-14-8-9/h3-8H,2H2,1H3,(H,13,14). The molecule has 0 aliphatic rings. The van der Waals surface area contributed by atoms with E-state index in [1.165, 1.54) is 30.6 Å². The molecule has 0 radical (unpaired) electrons. The summed E-state index contributed by atoms with van der Waals surface area (Å²) in [7, 11) is -3.78. The average molecular weight is 269 g/mol. The molecule has 2 rings (SSSR count). The van der Waals surface area contributed by atoms with Gasteiger partial charge in [-0.05, 0) is 19.1 Å². The Morgan fingerprint density at radius 3 is 2.67 bits per heavy atom.